The molecule has 0 atom stereocenters. The zero-order chi connectivity index (χ0) is 9.90. The monoisotopic (exact) mass is 226 g/mol. The molecule has 6 heteroatoms. The molecule has 0 aliphatic heterocycles. The Balaban J connectivity index is 0.00000169. The molecule has 0 fully saturated rings. The summed E-state index contributed by atoms with van der Waals surface area (Å²) in [4.78, 5) is 0. The van der Waals surface area contributed by atoms with Crippen LogP contribution in [0.5, 0.6) is 5.75 Å². The molecule has 0 aliphatic carbocycles. The quantitative estimate of drug-likeness (QED) is 0.692. The summed E-state index contributed by atoms with van der Waals surface area (Å²) in [6.07, 6.45) is 0.972. The van der Waals surface area contributed by atoms with E-state index in [1.807, 2.05) is 0 Å². The Morgan fingerprint density at radius 3 is 2.00 bits per heavy atom. The Kier molecular flexibility index (Phi) is 6.08. The molecule has 0 spiro atoms. The van der Waals surface area contributed by atoms with E-state index in [4.69, 9.17) is 5.11 Å². The van der Waals surface area contributed by atoms with Crippen molar-refractivity contribution in [3.05, 3.63) is 35.8 Å². The van der Waals surface area contributed by atoms with Crippen molar-refractivity contribution in [1.29, 1.82) is 0 Å². The number of halogens is 3. The van der Waals surface area contributed by atoms with E-state index in [1.54, 1.807) is 0 Å². The van der Waals surface area contributed by atoms with Gasteiger partial charge in [0.25, 0.3) is 0 Å². The van der Waals surface area contributed by atoms with Gasteiger partial charge < -0.3 is 18.1 Å². The first-order chi connectivity index (χ1) is 5.97. The van der Waals surface area contributed by atoms with Crippen LogP contribution < -0.4 is 51.4 Å². The van der Waals surface area contributed by atoms with Gasteiger partial charge in [0.15, 0.2) is 0 Å². The summed E-state index contributed by atoms with van der Waals surface area (Å²) in [7, 11) is 0. The first-order valence-corrected chi connectivity index (χ1v) is 3.65. The predicted octanol–water partition coefficient (Wildman–Crippen LogP) is -0.204. The molecule has 0 amide bonds. The number of hydrogen-bond acceptors (Lipinski definition) is 1. The van der Waals surface area contributed by atoms with E-state index in [9.17, 15) is 12.9 Å². The molecule has 70 valence electrons. The second-order valence-electron chi connectivity index (χ2n) is 2.58. The molecule has 1 N–H and O–H groups in total. The van der Waals surface area contributed by atoms with E-state index in [1.165, 1.54) is 24.3 Å². The Morgan fingerprint density at radius 1 is 1.07 bits per heavy atom. The molecular formula is C8H7BF3KO. The fourth-order valence-corrected chi connectivity index (χ4v) is 0.806. The normalized spacial score (nSPS) is 11.4. The van der Waals surface area contributed by atoms with Gasteiger partial charge in [0.1, 0.15) is 5.75 Å². The van der Waals surface area contributed by atoms with Gasteiger partial charge in [-0.2, -0.15) is 0 Å². The Labute approximate surface area is 122 Å². The first-order valence-electron chi connectivity index (χ1n) is 3.65. The maximum absolute atomic E-state index is 11.7. The molecule has 14 heavy (non-hydrogen) atoms. The second-order valence-corrected chi connectivity index (χ2v) is 2.58. The molecule has 0 heterocycles. The van der Waals surface area contributed by atoms with Crippen LogP contribution in [0.25, 0.3) is 6.08 Å². The summed E-state index contributed by atoms with van der Waals surface area (Å²) in [5.74, 6) is 0.251. The van der Waals surface area contributed by atoms with Crippen molar-refractivity contribution in [1.82, 2.24) is 0 Å². The van der Waals surface area contributed by atoms with Crippen LogP contribution >= 0.6 is 0 Å². The van der Waals surface area contributed by atoms with Gasteiger partial charge in [-0.3, -0.25) is 0 Å². The number of rotatable bonds is 2. The number of benzene rings is 1. The van der Waals surface area contributed by atoms with E-state index in [-0.39, 0.29) is 63.1 Å². The van der Waals surface area contributed by atoms with Gasteiger partial charge in [0, 0.05) is 0 Å². The Morgan fingerprint density at radius 2 is 1.57 bits per heavy atom. The summed E-state index contributed by atoms with van der Waals surface area (Å²) in [5.41, 5.74) is 0.414. The molecule has 0 saturated heterocycles. The minimum Gasteiger partial charge on any atom is -0.508 e. The molecule has 0 aliphatic rings. The van der Waals surface area contributed by atoms with Crippen LogP contribution in [0.1, 0.15) is 5.56 Å². The van der Waals surface area contributed by atoms with Crippen molar-refractivity contribution < 1.29 is 69.4 Å². The molecule has 1 nitrogen and oxygen atoms in total. The third-order valence-corrected chi connectivity index (χ3v) is 1.40. The SMILES string of the molecule is Oc1ccc(/C=C/[B-](F)(F)F)cc1.[K+]. The van der Waals surface area contributed by atoms with E-state index in [0.717, 1.165) is 6.08 Å². The molecule has 0 saturated carbocycles. The number of hydrogen-bond donors (Lipinski definition) is 1. The summed E-state index contributed by atoms with van der Waals surface area (Å²) in [5, 5.41) is 8.84. The van der Waals surface area contributed by atoms with Gasteiger partial charge in [-0.15, -0.1) is 5.98 Å². The summed E-state index contributed by atoms with van der Waals surface area (Å²) >= 11 is 0. The Hall–Kier alpha value is 0.251. The van der Waals surface area contributed by atoms with Crippen LogP contribution in [-0.2, 0) is 0 Å². The molecule has 1 aromatic rings. The van der Waals surface area contributed by atoms with E-state index >= 15 is 0 Å². The van der Waals surface area contributed by atoms with Gasteiger partial charge in [-0.05, 0) is 17.7 Å². The number of phenols is 1. The predicted molar refractivity (Wildman–Crippen MR) is 46.2 cm³/mol. The summed E-state index contributed by atoms with van der Waals surface area (Å²) in [6.45, 7) is -4.88. The minimum atomic E-state index is -4.88. The fourth-order valence-electron chi connectivity index (χ4n) is 0.806. The largest absolute Gasteiger partial charge is 1.00 e. The first kappa shape index (κ1) is 14.3. The smallest absolute Gasteiger partial charge is 0.508 e. The van der Waals surface area contributed by atoms with Crippen LogP contribution in [0.15, 0.2) is 30.2 Å². The minimum absolute atomic E-state index is 0. The van der Waals surface area contributed by atoms with Gasteiger partial charge in [0.2, 0.25) is 0 Å². The summed E-state index contributed by atoms with van der Waals surface area (Å²) in [6, 6.07) is 5.49. The molecule has 0 aromatic heterocycles. The van der Waals surface area contributed by atoms with Crippen LogP contribution in [0.4, 0.5) is 12.9 Å². The molecule has 0 unspecified atom stereocenters. The van der Waals surface area contributed by atoms with E-state index < -0.39 is 6.98 Å². The van der Waals surface area contributed by atoms with Crippen molar-refractivity contribution in [3.63, 3.8) is 0 Å². The zero-order valence-corrected chi connectivity index (χ0v) is 10.7. The van der Waals surface area contributed by atoms with Crippen LogP contribution in [0.3, 0.4) is 0 Å². The van der Waals surface area contributed by atoms with Crippen molar-refractivity contribution in [2.75, 3.05) is 0 Å². The van der Waals surface area contributed by atoms with Gasteiger partial charge in [-0.25, -0.2) is 0 Å². The van der Waals surface area contributed by atoms with Crippen LogP contribution in [0.2, 0.25) is 0 Å². The maximum Gasteiger partial charge on any atom is 1.00 e. The van der Waals surface area contributed by atoms with E-state index in [0.29, 0.717) is 5.56 Å². The maximum atomic E-state index is 11.7. The number of phenolic OH excluding ortho intramolecular Hbond substituents is 1. The molecule has 0 bridgehead atoms. The van der Waals surface area contributed by atoms with E-state index in [2.05, 4.69) is 0 Å². The fraction of sp³-hybridized carbons (Fsp3) is 0. The van der Waals surface area contributed by atoms with Gasteiger partial charge in [-0.1, -0.05) is 18.2 Å². The molecule has 0 radical (unpaired) electrons. The molecule has 1 aromatic carbocycles. The van der Waals surface area contributed by atoms with Crippen LogP contribution in [-0.4, -0.2) is 12.1 Å². The number of aromatic hydroxyl groups is 1. The third-order valence-electron chi connectivity index (χ3n) is 1.40. The molecule has 1 rings (SSSR count). The van der Waals surface area contributed by atoms with Crippen molar-refractivity contribution in [2.45, 2.75) is 0 Å². The van der Waals surface area contributed by atoms with Crippen LogP contribution in [0, 0.1) is 0 Å². The zero-order valence-electron chi connectivity index (χ0n) is 7.62. The standard InChI is InChI=1S/C8H7BF3O.K/c10-9(11,12)6-5-7-1-3-8(13)4-2-7;/h1-6,13H;/q-1;+1/b6-5+;. The average Bonchev–Trinajstić information content (AvgIpc) is 2.02. The average molecular weight is 226 g/mol. The van der Waals surface area contributed by atoms with Gasteiger partial charge >= 0.3 is 58.4 Å². The van der Waals surface area contributed by atoms with Crippen molar-refractivity contribution in [2.24, 2.45) is 0 Å². The van der Waals surface area contributed by atoms with Crippen molar-refractivity contribution in [3.8, 4) is 5.75 Å². The molecular weight excluding hydrogens is 219 g/mol. The topological polar surface area (TPSA) is 20.2 Å². The van der Waals surface area contributed by atoms with Gasteiger partial charge in [0.05, 0.1) is 0 Å². The van der Waals surface area contributed by atoms with Crippen molar-refractivity contribution >= 4 is 13.1 Å². The second kappa shape index (κ2) is 5.97. The Bertz CT molecular complexity index is 307. The summed E-state index contributed by atoms with van der Waals surface area (Å²) < 4.78 is 35.2. The third kappa shape index (κ3) is 5.87.